The Morgan fingerprint density at radius 2 is 2.15 bits per heavy atom. The van der Waals surface area contributed by atoms with Crippen LogP contribution in [0, 0.1) is 10.5 Å². The molecule has 0 aromatic carbocycles. The predicted octanol–water partition coefficient (Wildman–Crippen LogP) is 1.79. The topological polar surface area (TPSA) is 63.8 Å². The van der Waals surface area contributed by atoms with Crippen LogP contribution in [0.4, 0.5) is 11.8 Å². The molecule has 0 radical (unpaired) electrons. The van der Waals surface area contributed by atoms with E-state index >= 15 is 0 Å². The minimum atomic E-state index is 0.330. The summed E-state index contributed by atoms with van der Waals surface area (Å²) in [5, 5.41) is 3.21. The molecular weight excluding hydrogens is 279 g/mol. The van der Waals surface area contributed by atoms with Gasteiger partial charge in [-0.2, -0.15) is 4.98 Å². The number of nitrogens with zero attached hydrogens (tertiary/aromatic N) is 2. The number of rotatable bonds is 3. The Labute approximate surface area is 91.5 Å². The summed E-state index contributed by atoms with van der Waals surface area (Å²) in [6, 6.07) is 0. The van der Waals surface area contributed by atoms with Gasteiger partial charge in [-0.3, -0.25) is 0 Å². The Balaban J connectivity index is 2.92. The highest BCUT2D eigenvalue weighted by Gasteiger charge is 2.05. The van der Waals surface area contributed by atoms with E-state index in [1.807, 2.05) is 6.92 Å². The summed E-state index contributed by atoms with van der Waals surface area (Å²) in [5.74, 6) is 1.17. The SMILES string of the molecule is CCCNc1nc(N)nc(C)c1I. The molecule has 0 spiro atoms. The predicted molar refractivity (Wildman–Crippen MR) is 62.7 cm³/mol. The average molecular weight is 292 g/mol. The lowest BCUT2D eigenvalue weighted by molar-refractivity contribution is 0.959. The van der Waals surface area contributed by atoms with Gasteiger partial charge in [0.1, 0.15) is 5.82 Å². The van der Waals surface area contributed by atoms with Crippen LogP contribution < -0.4 is 11.1 Å². The number of nitrogens with two attached hydrogens (primary N) is 1. The molecule has 0 aliphatic carbocycles. The average Bonchev–Trinajstić information content (AvgIpc) is 2.09. The minimum Gasteiger partial charge on any atom is -0.369 e. The largest absolute Gasteiger partial charge is 0.369 e. The zero-order valence-electron chi connectivity index (χ0n) is 7.76. The molecule has 4 nitrogen and oxygen atoms in total. The third kappa shape index (κ3) is 2.68. The zero-order chi connectivity index (χ0) is 9.84. The van der Waals surface area contributed by atoms with Crippen LogP contribution in [-0.2, 0) is 0 Å². The van der Waals surface area contributed by atoms with Crippen LogP contribution in [0.15, 0.2) is 0 Å². The second kappa shape index (κ2) is 4.59. The van der Waals surface area contributed by atoms with Crippen molar-refractivity contribution in [3.05, 3.63) is 9.26 Å². The van der Waals surface area contributed by atoms with Gasteiger partial charge in [-0.1, -0.05) is 6.92 Å². The van der Waals surface area contributed by atoms with Gasteiger partial charge in [0.15, 0.2) is 0 Å². The standard InChI is InChI=1S/C8H13IN4/c1-3-4-11-7-6(9)5(2)12-8(10)13-7/h3-4H2,1-2H3,(H3,10,11,12,13). The van der Waals surface area contributed by atoms with Crippen molar-refractivity contribution in [2.45, 2.75) is 20.3 Å². The van der Waals surface area contributed by atoms with Crippen LogP contribution in [0.25, 0.3) is 0 Å². The molecule has 0 aliphatic heterocycles. The highest BCUT2D eigenvalue weighted by molar-refractivity contribution is 14.1. The van der Waals surface area contributed by atoms with E-state index in [1.165, 1.54) is 0 Å². The number of aryl methyl sites for hydroxylation is 1. The lowest BCUT2D eigenvalue weighted by Crippen LogP contribution is -2.08. The van der Waals surface area contributed by atoms with E-state index in [9.17, 15) is 0 Å². The number of hydrogen-bond donors (Lipinski definition) is 2. The number of nitrogens with one attached hydrogen (secondary N) is 1. The van der Waals surface area contributed by atoms with Crippen molar-refractivity contribution >= 4 is 34.4 Å². The fourth-order valence-electron chi connectivity index (χ4n) is 0.941. The molecule has 0 bridgehead atoms. The van der Waals surface area contributed by atoms with Crippen LogP contribution >= 0.6 is 22.6 Å². The lowest BCUT2D eigenvalue weighted by atomic mass is 10.4. The number of aromatic nitrogens is 2. The van der Waals surface area contributed by atoms with Crippen LogP contribution in [0.5, 0.6) is 0 Å². The van der Waals surface area contributed by atoms with Gasteiger partial charge in [0.2, 0.25) is 5.95 Å². The van der Waals surface area contributed by atoms with Crippen molar-refractivity contribution < 1.29 is 0 Å². The van der Waals surface area contributed by atoms with Crippen molar-refractivity contribution in [2.75, 3.05) is 17.6 Å². The molecule has 0 unspecified atom stereocenters. The first-order valence-electron chi connectivity index (χ1n) is 4.18. The number of nitrogen functional groups attached to an aromatic ring is 1. The van der Waals surface area contributed by atoms with E-state index in [-0.39, 0.29) is 0 Å². The first-order valence-corrected chi connectivity index (χ1v) is 5.26. The molecule has 0 amide bonds. The molecule has 1 heterocycles. The van der Waals surface area contributed by atoms with Crippen molar-refractivity contribution in [3.8, 4) is 0 Å². The second-order valence-corrected chi connectivity index (χ2v) is 3.84. The summed E-state index contributed by atoms with van der Waals surface area (Å²) in [6.45, 7) is 4.94. The Morgan fingerprint density at radius 3 is 2.77 bits per heavy atom. The van der Waals surface area contributed by atoms with Crippen molar-refractivity contribution in [1.82, 2.24) is 9.97 Å². The molecule has 13 heavy (non-hydrogen) atoms. The van der Waals surface area contributed by atoms with Gasteiger partial charge in [-0.15, -0.1) is 0 Å². The second-order valence-electron chi connectivity index (χ2n) is 2.76. The van der Waals surface area contributed by atoms with Crippen molar-refractivity contribution in [3.63, 3.8) is 0 Å². The smallest absolute Gasteiger partial charge is 0.222 e. The van der Waals surface area contributed by atoms with E-state index < -0.39 is 0 Å². The summed E-state index contributed by atoms with van der Waals surface area (Å²) in [6.07, 6.45) is 1.07. The highest BCUT2D eigenvalue weighted by atomic mass is 127. The number of halogens is 1. The third-order valence-electron chi connectivity index (χ3n) is 1.58. The number of anilines is 2. The van der Waals surface area contributed by atoms with E-state index in [1.54, 1.807) is 0 Å². The van der Waals surface area contributed by atoms with E-state index in [0.717, 1.165) is 28.0 Å². The molecule has 5 heteroatoms. The Kier molecular flexibility index (Phi) is 3.71. The monoisotopic (exact) mass is 292 g/mol. The molecular formula is C8H13IN4. The Hall–Kier alpha value is -0.590. The Bertz CT molecular complexity index is 300. The molecule has 1 aromatic heterocycles. The fraction of sp³-hybridized carbons (Fsp3) is 0.500. The third-order valence-corrected chi connectivity index (χ3v) is 2.87. The molecule has 0 atom stereocenters. The summed E-state index contributed by atoms with van der Waals surface area (Å²) in [5.41, 5.74) is 6.46. The van der Waals surface area contributed by atoms with E-state index in [0.29, 0.717) is 5.95 Å². The minimum absolute atomic E-state index is 0.330. The molecule has 0 saturated carbocycles. The highest BCUT2D eigenvalue weighted by Crippen LogP contribution is 2.18. The fourth-order valence-corrected chi connectivity index (χ4v) is 1.37. The first kappa shape index (κ1) is 10.5. The van der Waals surface area contributed by atoms with Crippen molar-refractivity contribution in [2.24, 2.45) is 0 Å². The molecule has 0 fully saturated rings. The lowest BCUT2D eigenvalue weighted by Gasteiger charge is -2.08. The van der Waals surface area contributed by atoms with E-state index in [2.05, 4.69) is 44.8 Å². The summed E-state index contributed by atoms with van der Waals surface area (Å²) in [4.78, 5) is 8.18. The molecule has 72 valence electrons. The van der Waals surface area contributed by atoms with Gasteiger partial charge < -0.3 is 11.1 Å². The molecule has 1 rings (SSSR count). The van der Waals surface area contributed by atoms with Gasteiger partial charge in [0.25, 0.3) is 0 Å². The van der Waals surface area contributed by atoms with Crippen LogP contribution in [-0.4, -0.2) is 16.5 Å². The van der Waals surface area contributed by atoms with E-state index in [4.69, 9.17) is 5.73 Å². The molecule has 3 N–H and O–H groups in total. The van der Waals surface area contributed by atoms with Crippen LogP contribution in [0.1, 0.15) is 19.0 Å². The normalized spacial score (nSPS) is 10.1. The van der Waals surface area contributed by atoms with Crippen LogP contribution in [0.3, 0.4) is 0 Å². The quantitative estimate of drug-likeness (QED) is 0.834. The number of hydrogen-bond acceptors (Lipinski definition) is 4. The van der Waals surface area contributed by atoms with Gasteiger partial charge in [0, 0.05) is 6.54 Å². The molecule has 0 saturated heterocycles. The van der Waals surface area contributed by atoms with Gasteiger partial charge in [0.05, 0.1) is 9.26 Å². The maximum absolute atomic E-state index is 5.53. The van der Waals surface area contributed by atoms with Crippen molar-refractivity contribution in [1.29, 1.82) is 0 Å². The first-order chi connectivity index (χ1) is 6.15. The zero-order valence-corrected chi connectivity index (χ0v) is 9.92. The van der Waals surface area contributed by atoms with Gasteiger partial charge in [-0.25, -0.2) is 4.98 Å². The molecule has 1 aromatic rings. The van der Waals surface area contributed by atoms with Crippen LogP contribution in [0.2, 0.25) is 0 Å². The Morgan fingerprint density at radius 1 is 1.46 bits per heavy atom. The summed E-state index contributed by atoms with van der Waals surface area (Å²) >= 11 is 2.22. The summed E-state index contributed by atoms with van der Waals surface area (Å²) < 4.78 is 1.04. The molecule has 0 aliphatic rings. The maximum Gasteiger partial charge on any atom is 0.222 e. The van der Waals surface area contributed by atoms with Gasteiger partial charge in [-0.05, 0) is 35.9 Å². The maximum atomic E-state index is 5.53. The van der Waals surface area contributed by atoms with Gasteiger partial charge >= 0.3 is 0 Å². The summed E-state index contributed by atoms with van der Waals surface area (Å²) in [7, 11) is 0.